The van der Waals surface area contributed by atoms with E-state index in [1.807, 2.05) is 35.7 Å². The molecule has 0 atom stereocenters. The molecule has 0 bridgehead atoms. The molecule has 3 aromatic rings. The van der Waals surface area contributed by atoms with E-state index >= 15 is 0 Å². The fourth-order valence-electron chi connectivity index (χ4n) is 2.80. The van der Waals surface area contributed by atoms with Gasteiger partial charge in [0.15, 0.2) is 0 Å². The van der Waals surface area contributed by atoms with Gasteiger partial charge in [-0.3, -0.25) is 14.5 Å². The second kappa shape index (κ2) is 9.18. The Hall–Kier alpha value is -2.39. The maximum absolute atomic E-state index is 12.7. The van der Waals surface area contributed by atoms with Crippen molar-refractivity contribution in [2.24, 2.45) is 0 Å². The quantitative estimate of drug-likeness (QED) is 0.394. The summed E-state index contributed by atoms with van der Waals surface area (Å²) in [6.45, 7) is 0.314. The summed E-state index contributed by atoms with van der Waals surface area (Å²) in [5.74, 6) is 0.537. The van der Waals surface area contributed by atoms with Gasteiger partial charge in [0.25, 0.3) is 5.91 Å². The Kier molecular flexibility index (Phi) is 6.38. The number of amides is 2. The monoisotopic (exact) mass is 474 g/mol. The second-order valence-electron chi connectivity index (χ2n) is 6.31. The van der Waals surface area contributed by atoms with Crippen molar-refractivity contribution in [2.75, 3.05) is 6.54 Å². The van der Waals surface area contributed by atoms with E-state index in [1.54, 1.807) is 35.6 Å². The zero-order valence-electron chi connectivity index (χ0n) is 15.5. The summed E-state index contributed by atoms with van der Waals surface area (Å²) in [6, 6.07) is 14.8. The lowest BCUT2D eigenvalue weighted by molar-refractivity contribution is -0.128. The van der Waals surface area contributed by atoms with Gasteiger partial charge >= 0.3 is 0 Å². The highest BCUT2D eigenvalue weighted by Gasteiger charge is 2.33. The van der Waals surface area contributed by atoms with Crippen LogP contribution in [0.5, 0.6) is 0 Å². The molecule has 0 unspecified atom stereocenters. The molecule has 152 valence electrons. The summed E-state index contributed by atoms with van der Waals surface area (Å²) in [5, 5.41) is 5.33. The summed E-state index contributed by atoms with van der Waals surface area (Å²) in [7, 11) is 0. The van der Waals surface area contributed by atoms with Crippen molar-refractivity contribution in [2.45, 2.75) is 6.54 Å². The number of thioether (sulfide) groups is 1. The van der Waals surface area contributed by atoms with Gasteiger partial charge in [-0.15, -0.1) is 11.3 Å². The lowest BCUT2D eigenvalue weighted by Crippen LogP contribution is -2.39. The van der Waals surface area contributed by atoms with Crippen LogP contribution in [0.25, 0.3) is 17.4 Å². The van der Waals surface area contributed by atoms with Crippen LogP contribution in [0.15, 0.2) is 63.2 Å². The molecule has 0 spiro atoms. The summed E-state index contributed by atoms with van der Waals surface area (Å²) in [5.41, 5.74) is 0.772. The third-order valence-corrected chi connectivity index (χ3v) is 6.84. The minimum atomic E-state index is -0.313. The Morgan fingerprint density at radius 1 is 1.20 bits per heavy atom. The second-order valence-corrected chi connectivity index (χ2v) is 9.42. The van der Waals surface area contributed by atoms with Crippen molar-refractivity contribution in [3.8, 4) is 11.3 Å². The summed E-state index contributed by atoms with van der Waals surface area (Å²) in [4.78, 5) is 27.7. The van der Waals surface area contributed by atoms with Crippen LogP contribution >= 0.6 is 46.9 Å². The standard InChI is InChI=1S/C21H15ClN2O3S3/c22-16-6-2-1-5-15(16)17-8-7-13(27-17)10-18-20(26)24(21(28)30-18)12-19(25)23-11-14-4-3-9-29-14/h1-10H,11-12H2,(H,23,25)/b18-10-. The van der Waals surface area contributed by atoms with Crippen LogP contribution in [-0.2, 0) is 16.1 Å². The van der Waals surface area contributed by atoms with Crippen LogP contribution in [0.2, 0.25) is 5.02 Å². The maximum Gasteiger partial charge on any atom is 0.266 e. The minimum absolute atomic E-state index is 0.115. The molecule has 4 rings (SSSR count). The molecule has 0 radical (unpaired) electrons. The minimum Gasteiger partial charge on any atom is -0.457 e. The molecular formula is C21H15ClN2O3S3. The van der Waals surface area contributed by atoms with E-state index in [2.05, 4.69) is 5.32 Å². The van der Waals surface area contributed by atoms with Crippen molar-refractivity contribution in [1.82, 2.24) is 10.2 Å². The topological polar surface area (TPSA) is 62.6 Å². The number of thiocarbonyl (C=S) groups is 1. The first-order valence-corrected chi connectivity index (χ1v) is 11.4. The number of hydrogen-bond acceptors (Lipinski definition) is 6. The third-order valence-electron chi connectivity index (χ3n) is 4.25. The van der Waals surface area contributed by atoms with Gasteiger partial charge in [-0.05, 0) is 35.7 Å². The summed E-state index contributed by atoms with van der Waals surface area (Å²) in [6.07, 6.45) is 1.63. The number of furan rings is 1. The van der Waals surface area contributed by atoms with Gasteiger partial charge in [0.1, 0.15) is 22.4 Å². The van der Waals surface area contributed by atoms with Crippen molar-refractivity contribution in [3.05, 3.63) is 74.5 Å². The Balaban J connectivity index is 1.43. The van der Waals surface area contributed by atoms with Crippen LogP contribution < -0.4 is 5.32 Å². The van der Waals surface area contributed by atoms with Crippen LogP contribution in [0.4, 0.5) is 0 Å². The van der Waals surface area contributed by atoms with Gasteiger partial charge in [-0.1, -0.05) is 53.8 Å². The summed E-state index contributed by atoms with van der Waals surface area (Å²) < 4.78 is 6.17. The molecule has 2 aromatic heterocycles. The zero-order chi connectivity index (χ0) is 21.1. The molecule has 2 amide bonds. The normalized spacial score (nSPS) is 15.2. The van der Waals surface area contributed by atoms with Crippen LogP contribution in [0, 0.1) is 0 Å². The first kappa shape index (κ1) is 20.9. The lowest BCUT2D eigenvalue weighted by Gasteiger charge is -2.13. The number of benzene rings is 1. The molecule has 1 fully saturated rings. The molecule has 9 heteroatoms. The summed E-state index contributed by atoms with van der Waals surface area (Å²) >= 11 is 14.2. The van der Waals surface area contributed by atoms with Crippen LogP contribution in [0.1, 0.15) is 10.6 Å². The number of thiophene rings is 1. The van der Waals surface area contributed by atoms with E-state index in [1.165, 1.54) is 4.90 Å². The molecule has 3 heterocycles. The molecule has 1 aliphatic rings. The third kappa shape index (κ3) is 4.67. The van der Waals surface area contributed by atoms with E-state index in [0.717, 1.165) is 22.2 Å². The molecule has 1 N–H and O–H groups in total. The van der Waals surface area contributed by atoms with Gasteiger partial charge in [0.2, 0.25) is 5.91 Å². The van der Waals surface area contributed by atoms with Gasteiger partial charge in [-0.25, -0.2) is 0 Å². The smallest absolute Gasteiger partial charge is 0.266 e. The van der Waals surface area contributed by atoms with E-state index in [9.17, 15) is 9.59 Å². The lowest BCUT2D eigenvalue weighted by atomic mass is 10.2. The van der Waals surface area contributed by atoms with E-state index in [4.69, 9.17) is 28.2 Å². The number of rotatable bonds is 6. The number of hydrogen-bond donors (Lipinski definition) is 1. The molecule has 5 nitrogen and oxygen atoms in total. The molecule has 0 aliphatic carbocycles. The van der Waals surface area contributed by atoms with Crippen LogP contribution in [0.3, 0.4) is 0 Å². The molecule has 0 saturated carbocycles. The molecule has 1 aromatic carbocycles. The highest BCUT2D eigenvalue weighted by atomic mass is 35.5. The maximum atomic E-state index is 12.7. The molecule has 1 aliphatic heterocycles. The Labute approximate surface area is 191 Å². The Morgan fingerprint density at radius 3 is 2.80 bits per heavy atom. The number of nitrogens with one attached hydrogen (secondary N) is 1. The average Bonchev–Trinajstić information content (AvgIpc) is 3.46. The highest BCUT2D eigenvalue weighted by molar-refractivity contribution is 8.26. The number of carbonyl (C=O) groups is 2. The molecule has 30 heavy (non-hydrogen) atoms. The first-order valence-electron chi connectivity index (χ1n) is 8.90. The van der Waals surface area contributed by atoms with Gasteiger partial charge in [0.05, 0.1) is 16.5 Å². The average molecular weight is 475 g/mol. The van der Waals surface area contributed by atoms with E-state index in [0.29, 0.717) is 32.3 Å². The number of halogens is 1. The number of nitrogens with zero attached hydrogens (tertiary/aromatic N) is 1. The number of carbonyl (C=O) groups excluding carboxylic acids is 2. The van der Waals surface area contributed by atoms with E-state index in [-0.39, 0.29) is 18.4 Å². The van der Waals surface area contributed by atoms with E-state index < -0.39 is 0 Å². The van der Waals surface area contributed by atoms with Crippen molar-refractivity contribution in [1.29, 1.82) is 0 Å². The van der Waals surface area contributed by atoms with Crippen LogP contribution in [-0.4, -0.2) is 27.6 Å². The van der Waals surface area contributed by atoms with Gasteiger partial charge < -0.3 is 9.73 Å². The molecule has 1 saturated heterocycles. The Bertz CT molecular complexity index is 1140. The zero-order valence-corrected chi connectivity index (χ0v) is 18.7. The van der Waals surface area contributed by atoms with Crippen molar-refractivity contribution >= 4 is 69.1 Å². The molecular weight excluding hydrogens is 460 g/mol. The van der Waals surface area contributed by atoms with Crippen molar-refractivity contribution < 1.29 is 14.0 Å². The first-order chi connectivity index (χ1) is 14.5. The predicted molar refractivity (Wildman–Crippen MR) is 125 cm³/mol. The van der Waals surface area contributed by atoms with Gasteiger partial charge in [-0.2, -0.15) is 0 Å². The fraction of sp³-hybridized carbons (Fsp3) is 0.0952. The SMILES string of the molecule is O=C(CN1C(=O)/C(=C/c2ccc(-c3ccccc3Cl)o2)SC1=S)NCc1cccs1. The highest BCUT2D eigenvalue weighted by Crippen LogP contribution is 2.34. The van der Waals surface area contributed by atoms with Gasteiger partial charge in [0, 0.05) is 16.5 Å². The predicted octanol–water partition coefficient (Wildman–Crippen LogP) is 5.18. The largest absolute Gasteiger partial charge is 0.457 e. The van der Waals surface area contributed by atoms with Crippen molar-refractivity contribution in [3.63, 3.8) is 0 Å². The fourth-order valence-corrected chi connectivity index (χ4v) is 4.91. The Morgan fingerprint density at radius 2 is 2.03 bits per heavy atom.